The van der Waals surface area contributed by atoms with Crippen LogP contribution in [0.4, 0.5) is 0 Å². The van der Waals surface area contributed by atoms with Gasteiger partial charge in [-0.15, -0.1) is 0 Å². The van der Waals surface area contributed by atoms with Crippen LogP contribution in [0.3, 0.4) is 0 Å². The van der Waals surface area contributed by atoms with E-state index in [1.165, 1.54) is 5.56 Å². The van der Waals surface area contributed by atoms with Crippen LogP contribution in [0.2, 0.25) is 5.02 Å². The van der Waals surface area contributed by atoms with Gasteiger partial charge in [0.25, 0.3) is 0 Å². The van der Waals surface area contributed by atoms with E-state index in [0.29, 0.717) is 24.8 Å². The van der Waals surface area contributed by atoms with E-state index in [1.54, 1.807) is 6.07 Å². The largest absolute Gasteiger partial charge is 0.490 e. The molecule has 0 saturated heterocycles. The zero-order valence-corrected chi connectivity index (χ0v) is 12.2. The maximum Gasteiger partial charge on any atom is 0.124 e. The lowest BCUT2D eigenvalue weighted by molar-refractivity contribution is 0.216. The average molecular weight is 292 g/mol. The predicted molar refractivity (Wildman–Crippen MR) is 81.5 cm³/mol. The van der Waals surface area contributed by atoms with Crippen LogP contribution in [-0.4, -0.2) is 13.2 Å². The van der Waals surface area contributed by atoms with Crippen molar-refractivity contribution in [1.29, 1.82) is 0 Å². The second kappa shape index (κ2) is 7.17. The first-order valence-electron chi connectivity index (χ1n) is 6.50. The molecule has 0 unspecified atom stereocenters. The number of nitrogens with two attached hydrogens (primary N) is 1. The quantitative estimate of drug-likeness (QED) is 0.828. The summed E-state index contributed by atoms with van der Waals surface area (Å²) in [5.74, 6) is 1.61. The fourth-order valence-corrected chi connectivity index (χ4v) is 2.06. The van der Waals surface area contributed by atoms with E-state index in [4.69, 9.17) is 26.8 Å². The van der Waals surface area contributed by atoms with E-state index in [0.717, 1.165) is 17.1 Å². The Morgan fingerprint density at radius 3 is 2.60 bits per heavy atom. The molecule has 0 aliphatic heterocycles. The Labute approximate surface area is 124 Å². The highest BCUT2D eigenvalue weighted by molar-refractivity contribution is 6.30. The molecule has 106 valence electrons. The van der Waals surface area contributed by atoms with E-state index >= 15 is 0 Å². The maximum absolute atomic E-state index is 5.92. The molecule has 0 heterocycles. The summed E-state index contributed by atoms with van der Waals surface area (Å²) in [7, 11) is 0. The van der Waals surface area contributed by atoms with Crippen LogP contribution in [0, 0.1) is 6.92 Å². The zero-order valence-electron chi connectivity index (χ0n) is 11.4. The van der Waals surface area contributed by atoms with E-state index in [9.17, 15) is 0 Å². The minimum atomic E-state index is 0.397. The minimum absolute atomic E-state index is 0.397. The number of hydrogen-bond acceptors (Lipinski definition) is 3. The van der Waals surface area contributed by atoms with Crippen LogP contribution >= 0.6 is 11.6 Å². The second-order valence-electron chi connectivity index (χ2n) is 4.47. The Hall–Kier alpha value is -1.71. The van der Waals surface area contributed by atoms with Gasteiger partial charge in [0.2, 0.25) is 0 Å². The number of hydrogen-bond donors (Lipinski definition) is 1. The molecule has 0 bridgehead atoms. The summed E-state index contributed by atoms with van der Waals surface area (Å²) in [5, 5.41) is 0.661. The molecule has 0 saturated carbocycles. The van der Waals surface area contributed by atoms with Crippen LogP contribution < -0.4 is 15.2 Å². The van der Waals surface area contributed by atoms with E-state index in [-0.39, 0.29) is 0 Å². The Balaban J connectivity index is 1.84. The fourth-order valence-electron chi connectivity index (χ4n) is 1.86. The molecule has 0 spiro atoms. The highest BCUT2D eigenvalue weighted by Gasteiger charge is 2.03. The topological polar surface area (TPSA) is 44.5 Å². The molecule has 2 N–H and O–H groups in total. The smallest absolute Gasteiger partial charge is 0.124 e. The molecular formula is C16H18ClNO2. The van der Waals surface area contributed by atoms with Crippen LogP contribution in [0.5, 0.6) is 11.5 Å². The molecule has 0 fully saturated rings. The minimum Gasteiger partial charge on any atom is -0.490 e. The maximum atomic E-state index is 5.92. The van der Waals surface area contributed by atoms with Crippen molar-refractivity contribution in [3.05, 3.63) is 58.6 Å². The number of rotatable bonds is 6. The van der Waals surface area contributed by atoms with Gasteiger partial charge in [-0.05, 0) is 42.8 Å². The Bertz CT molecular complexity index is 572. The molecule has 3 nitrogen and oxygen atoms in total. The monoisotopic (exact) mass is 291 g/mol. The van der Waals surface area contributed by atoms with Crippen LogP contribution in [-0.2, 0) is 6.54 Å². The lowest BCUT2D eigenvalue weighted by Gasteiger charge is -2.11. The molecule has 0 aromatic heterocycles. The summed E-state index contributed by atoms with van der Waals surface area (Å²) in [5.41, 5.74) is 7.73. The average Bonchev–Trinajstić information content (AvgIpc) is 2.45. The van der Waals surface area contributed by atoms with Gasteiger partial charge in [0.15, 0.2) is 0 Å². The Morgan fingerprint density at radius 2 is 1.85 bits per heavy atom. The number of halogens is 1. The lowest BCUT2D eigenvalue weighted by atomic mass is 10.2. The third-order valence-electron chi connectivity index (χ3n) is 2.84. The normalized spacial score (nSPS) is 10.3. The lowest BCUT2D eigenvalue weighted by Crippen LogP contribution is -2.11. The van der Waals surface area contributed by atoms with Crippen LogP contribution in [0.25, 0.3) is 0 Å². The number of benzene rings is 2. The number of aryl methyl sites for hydroxylation is 1. The predicted octanol–water partition coefficient (Wildman–Crippen LogP) is 3.56. The molecule has 0 amide bonds. The summed E-state index contributed by atoms with van der Waals surface area (Å²) in [4.78, 5) is 0. The molecule has 2 aromatic rings. The Kier molecular flexibility index (Phi) is 5.27. The molecule has 20 heavy (non-hydrogen) atoms. The van der Waals surface area contributed by atoms with Crippen LogP contribution in [0.1, 0.15) is 11.1 Å². The van der Waals surface area contributed by atoms with Gasteiger partial charge in [-0.3, -0.25) is 0 Å². The standard InChI is InChI=1S/C16H18ClNO2/c1-12-3-2-4-15(9-12)19-7-8-20-16-6-5-14(17)10-13(16)11-18/h2-6,9-10H,7-8,11,18H2,1H3. The van der Waals surface area contributed by atoms with Gasteiger partial charge in [0, 0.05) is 17.1 Å². The third-order valence-corrected chi connectivity index (χ3v) is 3.08. The summed E-state index contributed by atoms with van der Waals surface area (Å²) < 4.78 is 11.3. The van der Waals surface area contributed by atoms with E-state index in [1.807, 2.05) is 43.3 Å². The van der Waals surface area contributed by atoms with Gasteiger partial charge in [0.1, 0.15) is 24.7 Å². The first-order valence-corrected chi connectivity index (χ1v) is 6.87. The highest BCUT2D eigenvalue weighted by Crippen LogP contribution is 2.22. The molecule has 0 radical (unpaired) electrons. The highest BCUT2D eigenvalue weighted by atomic mass is 35.5. The zero-order chi connectivity index (χ0) is 14.4. The Morgan fingerprint density at radius 1 is 1.05 bits per heavy atom. The van der Waals surface area contributed by atoms with Crippen molar-refractivity contribution < 1.29 is 9.47 Å². The molecule has 4 heteroatoms. The molecule has 2 rings (SSSR count). The van der Waals surface area contributed by atoms with Gasteiger partial charge in [-0.2, -0.15) is 0 Å². The second-order valence-corrected chi connectivity index (χ2v) is 4.91. The summed E-state index contributed by atoms with van der Waals surface area (Å²) in [6.07, 6.45) is 0. The molecule has 0 aliphatic carbocycles. The summed E-state index contributed by atoms with van der Waals surface area (Å²) in [6.45, 7) is 3.37. The first kappa shape index (κ1) is 14.7. The summed E-state index contributed by atoms with van der Waals surface area (Å²) in [6, 6.07) is 13.4. The van der Waals surface area contributed by atoms with Gasteiger partial charge >= 0.3 is 0 Å². The van der Waals surface area contributed by atoms with Gasteiger partial charge in [0.05, 0.1) is 0 Å². The van der Waals surface area contributed by atoms with Crippen molar-refractivity contribution in [3.63, 3.8) is 0 Å². The molecule has 0 atom stereocenters. The molecule has 2 aromatic carbocycles. The SMILES string of the molecule is Cc1cccc(OCCOc2ccc(Cl)cc2CN)c1. The van der Waals surface area contributed by atoms with Crippen molar-refractivity contribution >= 4 is 11.6 Å². The van der Waals surface area contributed by atoms with Crippen LogP contribution in [0.15, 0.2) is 42.5 Å². The van der Waals surface area contributed by atoms with E-state index < -0.39 is 0 Å². The van der Waals surface area contributed by atoms with E-state index in [2.05, 4.69) is 0 Å². The van der Waals surface area contributed by atoms with Crippen molar-refractivity contribution in [2.24, 2.45) is 5.73 Å². The fraction of sp³-hybridized carbons (Fsp3) is 0.250. The van der Waals surface area contributed by atoms with Crippen molar-refractivity contribution in [1.82, 2.24) is 0 Å². The first-order chi connectivity index (χ1) is 9.69. The van der Waals surface area contributed by atoms with Crippen molar-refractivity contribution in [2.75, 3.05) is 13.2 Å². The van der Waals surface area contributed by atoms with Crippen molar-refractivity contribution in [2.45, 2.75) is 13.5 Å². The van der Waals surface area contributed by atoms with Gasteiger partial charge < -0.3 is 15.2 Å². The van der Waals surface area contributed by atoms with Crippen molar-refractivity contribution in [3.8, 4) is 11.5 Å². The van der Waals surface area contributed by atoms with Gasteiger partial charge in [-0.25, -0.2) is 0 Å². The molecular weight excluding hydrogens is 274 g/mol. The summed E-state index contributed by atoms with van der Waals surface area (Å²) >= 11 is 5.92. The molecule has 0 aliphatic rings. The number of ether oxygens (including phenoxy) is 2. The third kappa shape index (κ3) is 4.15. The van der Waals surface area contributed by atoms with Gasteiger partial charge in [-0.1, -0.05) is 23.7 Å².